The summed E-state index contributed by atoms with van der Waals surface area (Å²) < 4.78 is 0. The zero-order valence-electron chi connectivity index (χ0n) is 10.4. The van der Waals surface area contributed by atoms with Crippen LogP contribution in [0.2, 0.25) is 0 Å². The minimum atomic E-state index is -0.709. The number of carbonyl (C=O) groups excluding carboxylic acids is 1. The van der Waals surface area contributed by atoms with E-state index in [1.807, 2.05) is 30.3 Å². The highest BCUT2D eigenvalue weighted by Crippen LogP contribution is 2.17. The quantitative estimate of drug-likeness (QED) is 0.650. The maximum atomic E-state index is 10.4. The number of hydrogen-bond donors (Lipinski definition) is 2. The molecule has 0 aliphatic heterocycles. The molecular weight excluding hydrogens is 254 g/mol. The van der Waals surface area contributed by atoms with Crippen LogP contribution in [0.5, 0.6) is 0 Å². The summed E-state index contributed by atoms with van der Waals surface area (Å²) in [5.41, 5.74) is 10.0. The molecule has 0 spiro atoms. The Morgan fingerprint density at radius 2 is 2.05 bits per heavy atom. The van der Waals surface area contributed by atoms with Gasteiger partial charge in [-0.25, -0.2) is 10.2 Å². The maximum absolute atomic E-state index is 10.4. The van der Waals surface area contributed by atoms with E-state index in [9.17, 15) is 4.79 Å². The average Bonchev–Trinajstić information content (AvgIpc) is 2.48. The Hall–Kier alpha value is -3.20. The van der Waals surface area contributed by atoms with Crippen LogP contribution in [-0.4, -0.2) is 17.2 Å². The van der Waals surface area contributed by atoms with E-state index in [4.69, 9.17) is 11.0 Å². The van der Waals surface area contributed by atoms with Gasteiger partial charge in [0.2, 0.25) is 0 Å². The Kier molecular flexibility index (Phi) is 4.04. The fourth-order valence-corrected chi connectivity index (χ4v) is 1.54. The molecule has 0 saturated carbocycles. The molecule has 0 atom stereocenters. The number of aromatic nitrogens is 1. The van der Waals surface area contributed by atoms with Gasteiger partial charge in [0.05, 0.1) is 17.5 Å². The van der Waals surface area contributed by atoms with Gasteiger partial charge in [-0.3, -0.25) is 4.98 Å². The van der Waals surface area contributed by atoms with E-state index in [1.54, 1.807) is 12.1 Å². The summed E-state index contributed by atoms with van der Waals surface area (Å²) in [5, 5.41) is 12.4. The van der Waals surface area contributed by atoms with Crippen LogP contribution < -0.4 is 11.2 Å². The van der Waals surface area contributed by atoms with Crippen molar-refractivity contribution in [2.75, 3.05) is 0 Å². The predicted octanol–water partition coefficient (Wildman–Crippen LogP) is 1.62. The van der Waals surface area contributed by atoms with Gasteiger partial charge in [0.1, 0.15) is 6.07 Å². The number of urea groups is 1. The molecular formula is C14H11N5O. The first kappa shape index (κ1) is 13.2. The summed E-state index contributed by atoms with van der Waals surface area (Å²) in [7, 11) is 0. The lowest BCUT2D eigenvalue weighted by Gasteiger charge is -2.01. The third-order valence-electron chi connectivity index (χ3n) is 2.49. The molecule has 98 valence electrons. The molecule has 1 heterocycles. The third-order valence-corrected chi connectivity index (χ3v) is 2.49. The van der Waals surface area contributed by atoms with Crippen LogP contribution in [-0.2, 0) is 0 Å². The van der Waals surface area contributed by atoms with Gasteiger partial charge in [-0.15, -0.1) is 0 Å². The molecule has 6 nitrogen and oxygen atoms in total. The largest absolute Gasteiger partial charge is 0.350 e. The lowest BCUT2D eigenvalue weighted by molar-refractivity contribution is 0.249. The SMILES string of the molecule is N#Cc1ccc(-c2ccc(C=NNC(N)=O)cc2)nc1. The fourth-order valence-electron chi connectivity index (χ4n) is 1.54. The van der Waals surface area contributed by atoms with E-state index in [0.29, 0.717) is 5.56 Å². The van der Waals surface area contributed by atoms with Gasteiger partial charge in [0, 0.05) is 11.8 Å². The van der Waals surface area contributed by atoms with Gasteiger partial charge in [-0.1, -0.05) is 24.3 Å². The normalized spacial score (nSPS) is 10.2. The summed E-state index contributed by atoms with van der Waals surface area (Å²) in [6, 6.07) is 12.2. The zero-order chi connectivity index (χ0) is 14.4. The Morgan fingerprint density at radius 3 is 2.60 bits per heavy atom. The summed E-state index contributed by atoms with van der Waals surface area (Å²) in [5.74, 6) is 0. The standard InChI is InChI=1S/C14H11N5O/c15-7-11-3-6-13(17-8-11)12-4-1-10(2-5-12)9-18-19-14(16)20/h1-6,8-9H,(H3,16,19,20). The lowest BCUT2D eigenvalue weighted by Crippen LogP contribution is -2.24. The van der Waals surface area contributed by atoms with Crippen molar-refractivity contribution < 1.29 is 4.79 Å². The zero-order valence-corrected chi connectivity index (χ0v) is 10.4. The molecule has 1 aromatic carbocycles. The van der Waals surface area contributed by atoms with Gasteiger partial charge in [-0.05, 0) is 17.7 Å². The van der Waals surface area contributed by atoms with Gasteiger partial charge < -0.3 is 5.73 Å². The third kappa shape index (κ3) is 3.40. The van der Waals surface area contributed by atoms with Crippen LogP contribution >= 0.6 is 0 Å². The summed E-state index contributed by atoms with van der Waals surface area (Å²) >= 11 is 0. The second-order valence-corrected chi connectivity index (χ2v) is 3.90. The predicted molar refractivity (Wildman–Crippen MR) is 74.7 cm³/mol. The monoisotopic (exact) mass is 265 g/mol. The second-order valence-electron chi connectivity index (χ2n) is 3.90. The highest BCUT2D eigenvalue weighted by Gasteiger charge is 1.99. The van der Waals surface area contributed by atoms with Crippen LogP contribution in [0.4, 0.5) is 4.79 Å². The number of nitrogens with one attached hydrogen (secondary N) is 1. The molecule has 0 radical (unpaired) electrons. The molecule has 0 aliphatic carbocycles. The number of nitrogens with zero attached hydrogens (tertiary/aromatic N) is 3. The van der Waals surface area contributed by atoms with Crippen molar-refractivity contribution in [3.63, 3.8) is 0 Å². The van der Waals surface area contributed by atoms with Crippen molar-refractivity contribution in [1.29, 1.82) is 5.26 Å². The van der Waals surface area contributed by atoms with E-state index in [2.05, 4.69) is 15.5 Å². The van der Waals surface area contributed by atoms with E-state index in [1.165, 1.54) is 12.4 Å². The summed E-state index contributed by atoms with van der Waals surface area (Å²) in [6.07, 6.45) is 3.02. The number of carbonyl (C=O) groups is 1. The highest BCUT2D eigenvalue weighted by atomic mass is 16.2. The van der Waals surface area contributed by atoms with Crippen molar-refractivity contribution in [3.05, 3.63) is 53.7 Å². The molecule has 20 heavy (non-hydrogen) atoms. The molecule has 0 saturated heterocycles. The van der Waals surface area contributed by atoms with Crippen molar-refractivity contribution in [2.45, 2.75) is 0 Å². The first-order valence-electron chi connectivity index (χ1n) is 5.74. The number of nitrogens with two attached hydrogens (primary N) is 1. The van der Waals surface area contributed by atoms with Crippen LogP contribution in [0, 0.1) is 11.3 Å². The van der Waals surface area contributed by atoms with Crippen LogP contribution in [0.25, 0.3) is 11.3 Å². The number of hydrogen-bond acceptors (Lipinski definition) is 4. The van der Waals surface area contributed by atoms with E-state index in [0.717, 1.165) is 16.8 Å². The molecule has 0 bridgehead atoms. The van der Waals surface area contributed by atoms with E-state index >= 15 is 0 Å². The maximum Gasteiger partial charge on any atom is 0.332 e. The highest BCUT2D eigenvalue weighted by molar-refractivity contribution is 5.82. The number of benzene rings is 1. The molecule has 1 aromatic heterocycles. The number of hydrazone groups is 1. The molecule has 2 rings (SSSR count). The van der Waals surface area contributed by atoms with Crippen LogP contribution in [0.1, 0.15) is 11.1 Å². The summed E-state index contributed by atoms with van der Waals surface area (Å²) in [6.45, 7) is 0. The Balaban J connectivity index is 2.13. The molecule has 2 aromatic rings. The van der Waals surface area contributed by atoms with Crippen LogP contribution in [0.15, 0.2) is 47.7 Å². The van der Waals surface area contributed by atoms with E-state index in [-0.39, 0.29) is 0 Å². The molecule has 3 N–H and O–H groups in total. The van der Waals surface area contributed by atoms with Gasteiger partial charge in [-0.2, -0.15) is 10.4 Å². The molecule has 6 heteroatoms. The Bertz CT molecular complexity index is 668. The minimum absolute atomic E-state index is 0.523. The number of primary amides is 1. The smallest absolute Gasteiger partial charge is 0.332 e. The van der Waals surface area contributed by atoms with Crippen molar-refractivity contribution in [3.8, 4) is 17.3 Å². The fraction of sp³-hybridized carbons (Fsp3) is 0. The number of pyridine rings is 1. The van der Waals surface area contributed by atoms with E-state index < -0.39 is 6.03 Å². The number of amides is 2. The second kappa shape index (κ2) is 6.11. The average molecular weight is 265 g/mol. The summed E-state index contributed by atoms with van der Waals surface area (Å²) in [4.78, 5) is 14.7. The Labute approximate surface area is 115 Å². The minimum Gasteiger partial charge on any atom is -0.350 e. The van der Waals surface area contributed by atoms with Crippen molar-refractivity contribution >= 4 is 12.2 Å². The van der Waals surface area contributed by atoms with Gasteiger partial charge in [0.15, 0.2) is 0 Å². The van der Waals surface area contributed by atoms with Crippen molar-refractivity contribution in [2.24, 2.45) is 10.8 Å². The number of rotatable bonds is 3. The first-order chi connectivity index (χ1) is 9.69. The molecule has 2 amide bonds. The van der Waals surface area contributed by atoms with Crippen LogP contribution in [0.3, 0.4) is 0 Å². The number of nitriles is 1. The first-order valence-corrected chi connectivity index (χ1v) is 5.74. The topological polar surface area (TPSA) is 104 Å². The molecule has 0 fully saturated rings. The van der Waals surface area contributed by atoms with Crippen molar-refractivity contribution in [1.82, 2.24) is 10.4 Å². The van der Waals surface area contributed by atoms with Gasteiger partial charge in [0.25, 0.3) is 0 Å². The molecule has 0 aliphatic rings. The Morgan fingerprint density at radius 1 is 1.30 bits per heavy atom. The van der Waals surface area contributed by atoms with Gasteiger partial charge >= 0.3 is 6.03 Å². The lowest BCUT2D eigenvalue weighted by atomic mass is 10.1. The molecule has 0 unspecified atom stereocenters.